The van der Waals surface area contributed by atoms with Gasteiger partial charge in [-0.2, -0.15) is 5.10 Å². The van der Waals surface area contributed by atoms with Crippen molar-refractivity contribution >= 4 is 22.5 Å². The lowest BCUT2D eigenvalue weighted by molar-refractivity contribution is 0.0950. The van der Waals surface area contributed by atoms with Gasteiger partial charge in [0.15, 0.2) is 5.65 Å². The topological polar surface area (TPSA) is 87.1 Å². The van der Waals surface area contributed by atoms with Gasteiger partial charge in [0.25, 0.3) is 5.91 Å². The number of aromatic amines is 1. The molecule has 0 radical (unpaired) electrons. The van der Waals surface area contributed by atoms with Crippen LogP contribution in [0.1, 0.15) is 40.9 Å². The van der Waals surface area contributed by atoms with Crippen molar-refractivity contribution < 1.29 is 4.79 Å². The fourth-order valence-electron chi connectivity index (χ4n) is 3.77. The zero-order chi connectivity index (χ0) is 19.6. The van der Waals surface area contributed by atoms with Gasteiger partial charge in [0.1, 0.15) is 0 Å². The molecular weight excluding hydrogens is 364 g/mol. The lowest BCUT2D eigenvalue weighted by Gasteiger charge is -2.25. The van der Waals surface area contributed by atoms with E-state index in [0.717, 1.165) is 30.1 Å². The van der Waals surface area contributed by atoms with Crippen LogP contribution in [0.2, 0.25) is 0 Å². The number of rotatable bonds is 7. The lowest BCUT2D eigenvalue weighted by atomic mass is 9.85. The maximum Gasteiger partial charge on any atom is 0.253 e. The van der Waals surface area contributed by atoms with Crippen LogP contribution in [0.15, 0.2) is 48.9 Å². The molecule has 7 nitrogen and oxygen atoms in total. The predicted molar refractivity (Wildman–Crippen MR) is 112 cm³/mol. The molecule has 1 saturated carbocycles. The Labute approximate surface area is 168 Å². The maximum atomic E-state index is 12.4. The Morgan fingerprint density at radius 2 is 2.14 bits per heavy atom. The summed E-state index contributed by atoms with van der Waals surface area (Å²) >= 11 is 0. The highest BCUT2D eigenvalue weighted by Crippen LogP contribution is 2.25. The van der Waals surface area contributed by atoms with Crippen LogP contribution in [0.5, 0.6) is 0 Å². The second kappa shape index (κ2) is 7.67. The van der Waals surface area contributed by atoms with Gasteiger partial charge in [-0.05, 0) is 54.5 Å². The molecule has 5 rings (SSSR count). The number of benzene rings is 1. The summed E-state index contributed by atoms with van der Waals surface area (Å²) in [5.74, 6) is 0.703. The van der Waals surface area contributed by atoms with Gasteiger partial charge in [0, 0.05) is 36.7 Å². The van der Waals surface area contributed by atoms with Crippen LogP contribution in [0.3, 0.4) is 0 Å². The van der Waals surface area contributed by atoms with Crippen molar-refractivity contribution in [2.75, 3.05) is 6.54 Å². The van der Waals surface area contributed by atoms with Crippen LogP contribution in [0.25, 0.3) is 16.6 Å². The molecule has 1 aliphatic carbocycles. The minimum atomic E-state index is -0.157. The van der Waals surface area contributed by atoms with E-state index in [9.17, 15) is 4.79 Å². The van der Waals surface area contributed by atoms with E-state index in [1.807, 2.05) is 0 Å². The largest absolute Gasteiger partial charge is 0.357 e. The number of hydrogen-bond donors (Lipinski definition) is 3. The number of carbonyl (C=O) groups is 1. The molecular formula is C22H24N6O. The van der Waals surface area contributed by atoms with Gasteiger partial charge >= 0.3 is 0 Å². The number of fused-ring (bicyclic) bond motifs is 2. The van der Waals surface area contributed by atoms with Gasteiger partial charge in [-0.1, -0.05) is 18.6 Å². The Kier molecular flexibility index (Phi) is 4.73. The van der Waals surface area contributed by atoms with Crippen LogP contribution in [0.4, 0.5) is 0 Å². The molecule has 3 aromatic heterocycles. The van der Waals surface area contributed by atoms with E-state index in [4.69, 9.17) is 0 Å². The van der Waals surface area contributed by atoms with E-state index in [1.165, 1.54) is 30.3 Å². The molecule has 1 fully saturated rings. The van der Waals surface area contributed by atoms with Crippen molar-refractivity contribution in [1.29, 1.82) is 0 Å². The molecule has 1 amide bonds. The quantitative estimate of drug-likeness (QED) is 0.454. The molecule has 3 heterocycles. The molecule has 0 spiro atoms. The first-order chi connectivity index (χ1) is 14.2. The minimum Gasteiger partial charge on any atom is -0.357 e. The SMILES string of the molecule is O=C(NCc1ccc2cc(CNCC3CCC3)[nH]c2c1)c1cnn2ccnc2c1. The van der Waals surface area contributed by atoms with Gasteiger partial charge in [-0.3, -0.25) is 4.79 Å². The zero-order valence-corrected chi connectivity index (χ0v) is 16.2. The average Bonchev–Trinajstić information content (AvgIpc) is 3.33. The first-order valence-corrected chi connectivity index (χ1v) is 10.1. The highest BCUT2D eigenvalue weighted by atomic mass is 16.1. The Morgan fingerprint density at radius 1 is 1.21 bits per heavy atom. The highest BCUT2D eigenvalue weighted by molar-refractivity contribution is 5.94. The molecule has 1 aromatic carbocycles. The van der Waals surface area contributed by atoms with Crippen molar-refractivity contribution in [3.05, 3.63) is 65.7 Å². The number of aromatic nitrogens is 4. The molecule has 7 heteroatoms. The second-order valence-electron chi connectivity index (χ2n) is 7.80. The Bertz CT molecular complexity index is 1160. The van der Waals surface area contributed by atoms with Crippen molar-refractivity contribution in [2.24, 2.45) is 5.92 Å². The van der Waals surface area contributed by atoms with Crippen molar-refractivity contribution in [2.45, 2.75) is 32.4 Å². The number of H-pyrrole nitrogens is 1. The molecule has 0 atom stereocenters. The van der Waals surface area contributed by atoms with Gasteiger partial charge in [0.2, 0.25) is 0 Å². The first kappa shape index (κ1) is 17.9. The number of nitrogens with zero attached hydrogens (tertiary/aromatic N) is 3. The minimum absolute atomic E-state index is 0.157. The third-order valence-corrected chi connectivity index (χ3v) is 5.69. The van der Waals surface area contributed by atoms with Crippen LogP contribution < -0.4 is 10.6 Å². The summed E-state index contributed by atoms with van der Waals surface area (Å²) in [7, 11) is 0. The Hall–Kier alpha value is -3.19. The maximum absolute atomic E-state index is 12.4. The van der Waals surface area contributed by atoms with Crippen LogP contribution in [-0.4, -0.2) is 32.0 Å². The van der Waals surface area contributed by atoms with E-state index in [1.54, 1.807) is 29.2 Å². The van der Waals surface area contributed by atoms with Crippen LogP contribution in [-0.2, 0) is 13.1 Å². The second-order valence-corrected chi connectivity index (χ2v) is 7.80. The van der Waals surface area contributed by atoms with Gasteiger partial charge < -0.3 is 15.6 Å². The summed E-state index contributed by atoms with van der Waals surface area (Å²) in [6, 6.07) is 10.2. The van der Waals surface area contributed by atoms with E-state index in [0.29, 0.717) is 17.8 Å². The molecule has 0 saturated heterocycles. The monoisotopic (exact) mass is 388 g/mol. The summed E-state index contributed by atoms with van der Waals surface area (Å²) < 4.78 is 1.63. The van der Waals surface area contributed by atoms with Crippen LogP contribution >= 0.6 is 0 Å². The number of imidazole rings is 1. The van der Waals surface area contributed by atoms with Crippen molar-refractivity contribution in [3.8, 4) is 0 Å². The molecule has 4 aromatic rings. The number of hydrogen-bond acceptors (Lipinski definition) is 4. The summed E-state index contributed by atoms with van der Waals surface area (Å²) in [6.45, 7) is 2.43. The van der Waals surface area contributed by atoms with Gasteiger partial charge in [0.05, 0.1) is 11.8 Å². The third kappa shape index (κ3) is 3.86. The predicted octanol–water partition coefficient (Wildman–Crippen LogP) is 3.03. The molecule has 0 bridgehead atoms. The summed E-state index contributed by atoms with van der Waals surface area (Å²) in [5.41, 5.74) is 4.50. The summed E-state index contributed by atoms with van der Waals surface area (Å²) in [6.07, 6.45) is 9.07. The number of amides is 1. The normalized spacial score (nSPS) is 14.3. The fourth-order valence-corrected chi connectivity index (χ4v) is 3.77. The molecule has 1 aliphatic rings. The van der Waals surface area contributed by atoms with Gasteiger partial charge in [-0.15, -0.1) is 0 Å². The van der Waals surface area contributed by atoms with Crippen LogP contribution in [0, 0.1) is 5.92 Å². The van der Waals surface area contributed by atoms with E-state index in [-0.39, 0.29) is 5.91 Å². The fraction of sp³-hybridized carbons (Fsp3) is 0.318. The van der Waals surface area contributed by atoms with Gasteiger partial charge in [-0.25, -0.2) is 9.50 Å². The molecule has 0 aliphatic heterocycles. The molecule has 148 valence electrons. The zero-order valence-electron chi connectivity index (χ0n) is 16.2. The average molecular weight is 388 g/mol. The smallest absolute Gasteiger partial charge is 0.253 e. The summed E-state index contributed by atoms with van der Waals surface area (Å²) in [4.78, 5) is 20.1. The Morgan fingerprint density at radius 3 is 3.00 bits per heavy atom. The van der Waals surface area contributed by atoms with Crippen molar-refractivity contribution in [1.82, 2.24) is 30.2 Å². The molecule has 0 unspecified atom stereocenters. The van der Waals surface area contributed by atoms with E-state index in [2.05, 4.69) is 50.0 Å². The van der Waals surface area contributed by atoms with Crippen molar-refractivity contribution in [3.63, 3.8) is 0 Å². The first-order valence-electron chi connectivity index (χ1n) is 10.1. The third-order valence-electron chi connectivity index (χ3n) is 5.69. The van der Waals surface area contributed by atoms with E-state index >= 15 is 0 Å². The summed E-state index contributed by atoms with van der Waals surface area (Å²) in [5, 5.41) is 11.9. The number of carbonyl (C=O) groups excluding carboxylic acids is 1. The van der Waals surface area contributed by atoms with E-state index < -0.39 is 0 Å². The molecule has 3 N–H and O–H groups in total. The Balaban J connectivity index is 1.21. The highest BCUT2D eigenvalue weighted by Gasteiger charge is 2.16. The lowest BCUT2D eigenvalue weighted by Crippen LogP contribution is -2.26. The number of nitrogens with one attached hydrogen (secondary N) is 3. The standard InChI is InChI=1S/C22H24N6O/c29-22(18-10-21-24-6-7-28(21)26-13-18)25-12-16-4-5-17-9-19(27-20(17)8-16)14-23-11-15-2-1-3-15/h4-10,13,15,23,27H,1-3,11-12,14H2,(H,25,29). The molecule has 29 heavy (non-hydrogen) atoms.